The second-order valence-corrected chi connectivity index (χ2v) is 7.82. The number of likely N-dealkylation sites (tertiary alicyclic amines) is 1. The fourth-order valence-electron chi connectivity index (χ4n) is 4.29. The van der Waals surface area contributed by atoms with E-state index in [1.807, 2.05) is 91.9 Å². The predicted octanol–water partition coefficient (Wildman–Crippen LogP) is 4.04. The van der Waals surface area contributed by atoms with Crippen molar-refractivity contribution in [2.45, 2.75) is 25.6 Å². The normalized spacial score (nSPS) is 23.2. The maximum absolute atomic E-state index is 13.4. The van der Waals surface area contributed by atoms with Gasteiger partial charge in [-0.25, -0.2) is 5.06 Å². The summed E-state index contributed by atoms with van der Waals surface area (Å²) in [6.07, 6.45) is -0.812. The van der Waals surface area contributed by atoms with Gasteiger partial charge in [0.1, 0.15) is 5.92 Å². The number of carbonyl (C=O) groups excluding carboxylic acids is 2. The first-order valence-corrected chi connectivity index (χ1v) is 10.1. The molecule has 30 heavy (non-hydrogen) atoms. The minimum Gasteiger partial charge on any atom is -0.275 e. The van der Waals surface area contributed by atoms with E-state index in [1.54, 1.807) is 5.06 Å². The van der Waals surface area contributed by atoms with E-state index in [0.717, 1.165) is 22.4 Å². The Kier molecular flexibility index (Phi) is 4.60. The SMILES string of the molecule is Cc1ccc([C@@H]2[C@@H]3C(=O)N(Cc4ccccc4)C(=O)[C@@H]3ON2c2ccccc2)cc1. The van der Waals surface area contributed by atoms with E-state index in [-0.39, 0.29) is 24.4 Å². The summed E-state index contributed by atoms with van der Waals surface area (Å²) in [6, 6.07) is 26.9. The molecule has 3 aromatic rings. The summed E-state index contributed by atoms with van der Waals surface area (Å²) in [4.78, 5) is 34.1. The van der Waals surface area contributed by atoms with Crippen molar-refractivity contribution in [3.63, 3.8) is 0 Å². The minimum absolute atomic E-state index is 0.183. The summed E-state index contributed by atoms with van der Waals surface area (Å²) in [7, 11) is 0. The first kappa shape index (κ1) is 18.6. The van der Waals surface area contributed by atoms with Crippen molar-refractivity contribution in [1.29, 1.82) is 0 Å². The van der Waals surface area contributed by atoms with Gasteiger partial charge in [0, 0.05) is 0 Å². The van der Waals surface area contributed by atoms with Gasteiger partial charge in [-0.05, 0) is 30.2 Å². The molecule has 5 nitrogen and oxygen atoms in total. The van der Waals surface area contributed by atoms with Gasteiger partial charge in [-0.2, -0.15) is 0 Å². The van der Waals surface area contributed by atoms with Crippen LogP contribution in [0.4, 0.5) is 5.69 Å². The number of imide groups is 1. The van der Waals surface area contributed by atoms with Crippen LogP contribution in [0.2, 0.25) is 0 Å². The van der Waals surface area contributed by atoms with E-state index in [4.69, 9.17) is 4.84 Å². The van der Waals surface area contributed by atoms with Crippen LogP contribution in [0.5, 0.6) is 0 Å². The van der Waals surface area contributed by atoms with Gasteiger partial charge in [0.05, 0.1) is 18.3 Å². The molecule has 5 heteroatoms. The largest absolute Gasteiger partial charge is 0.275 e. The minimum atomic E-state index is -0.812. The van der Waals surface area contributed by atoms with E-state index in [9.17, 15) is 9.59 Å². The molecule has 3 atom stereocenters. The third-order valence-electron chi connectivity index (χ3n) is 5.82. The first-order chi connectivity index (χ1) is 14.6. The third-order valence-corrected chi connectivity index (χ3v) is 5.82. The Labute approximate surface area is 175 Å². The number of hydrogen-bond acceptors (Lipinski definition) is 4. The highest BCUT2D eigenvalue weighted by Gasteiger charge is 2.59. The number of hydrogen-bond donors (Lipinski definition) is 0. The summed E-state index contributed by atoms with van der Waals surface area (Å²) in [6.45, 7) is 2.29. The van der Waals surface area contributed by atoms with E-state index in [1.165, 1.54) is 4.90 Å². The highest BCUT2D eigenvalue weighted by molar-refractivity contribution is 6.07. The van der Waals surface area contributed by atoms with Gasteiger partial charge in [0.15, 0.2) is 6.10 Å². The maximum Gasteiger partial charge on any atom is 0.262 e. The Morgan fingerprint density at radius 1 is 0.800 bits per heavy atom. The zero-order chi connectivity index (χ0) is 20.7. The molecule has 5 rings (SSSR count). The Morgan fingerprint density at radius 2 is 1.43 bits per heavy atom. The summed E-state index contributed by atoms with van der Waals surface area (Å²) in [5.74, 6) is -1.04. The number of amides is 2. The van der Waals surface area contributed by atoms with Crippen LogP contribution in [0, 0.1) is 12.8 Å². The predicted molar refractivity (Wildman–Crippen MR) is 113 cm³/mol. The van der Waals surface area contributed by atoms with Crippen molar-refractivity contribution >= 4 is 17.5 Å². The maximum atomic E-state index is 13.4. The molecule has 2 amide bonds. The fourth-order valence-corrected chi connectivity index (χ4v) is 4.29. The molecule has 0 bridgehead atoms. The van der Waals surface area contributed by atoms with Crippen LogP contribution in [-0.4, -0.2) is 22.8 Å². The topological polar surface area (TPSA) is 49.9 Å². The number of benzene rings is 3. The van der Waals surface area contributed by atoms with Crippen molar-refractivity contribution in [2.24, 2.45) is 5.92 Å². The third kappa shape index (κ3) is 3.08. The Hall–Kier alpha value is -3.44. The lowest BCUT2D eigenvalue weighted by Crippen LogP contribution is -2.36. The number of aryl methyl sites for hydroxylation is 1. The Balaban J connectivity index is 1.52. The highest BCUT2D eigenvalue weighted by atomic mass is 16.7. The van der Waals surface area contributed by atoms with Crippen LogP contribution in [-0.2, 0) is 21.0 Å². The van der Waals surface area contributed by atoms with Crippen LogP contribution in [0.25, 0.3) is 0 Å². The summed E-state index contributed by atoms with van der Waals surface area (Å²) < 4.78 is 0. The molecular weight excluding hydrogens is 376 g/mol. The van der Waals surface area contributed by atoms with Crippen LogP contribution >= 0.6 is 0 Å². The average molecular weight is 398 g/mol. The van der Waals surface area contributed by atoms with E-state index < -0.39 is 12.0 Å². The van der Waals surface area contributed by atoms with Crippen LogP contribution in [0.1, 0.15) is 22.7 Å². The Bertz CT molecular complexity index is 1070. The molecule has 2 aliphatic heterocycles. The molecule has 150 valence electrons. The number of nitrogens with zero attached hydrogens (tertiary/aromatic N) is 2. The summed E-state index contributed by atoms with van der Waals surface area (Å²) in [5.41, 5.74) is 3.85. The molecule has 3 aromatic carbocycles. The van der Waals surface area contributed by atoms with Gasteiger partial charge >= 0.3 is 0 Å². The van der Waals surface area contributed by atoms with Crippen molar-refractivity contribution < 1.29 is 14.4 Å². The highest BCUT2D eigenvalue weighted by Crippen LogP contribution is 2.46. The van der Waals surface area contributed by atoms with Crippen molar-refractivity contribution in [3.05, 3.63) is 102 Å². The molecule has 0 unspecified atom stereocenters. The Morgan fingerprint density at radius 3 is 2.10 bits per heavy atom. The molecular formula is C25H22N2O3. The van der Waals surface area contributed by atoms with Crippen LogP contribution in [0.3, 0.4) is 0 Å². The second-order valence-electron chi connectivity index (χ2n) is 7.82. The van der Waals surface area contributed by atoms with Gasteiger partial charge in [-0.1, -0.05) is 78.4 Å². The smallest absolute Gasteiger partial charge is 0.262 e. The molecule has 0 saturated carbocycles. The molecule has 2 fully saturated rings. The molecule has 2 aliphatic rings. The summed E-state index contributed by atoms with van der Waals surface area (Å²) >= 11 is 0. The summed E-state index contributed by atoms with van der Waals surface area (Å²) in [5, 5.41) is 1.73. The fraction of sp³-hybridized carbons (Fsp3) is 0.200. The standard InChI is InChI=1S/C25H22N2O3/c1-17-12-14-19(15-13-17)22-21-23(30-27(22)20-10-6-3-7-11-20)25(29)26(24(21)28)16-18-8-4-2-5-9-18/h2-15,21-23H,16H2,1H3/t21-,22+,23+/m0/s1. The first-order valence-electron chi connectivity index (χ1n) is 10.1. The van der Waals surface area contributed by atoms with Crippen molar-refractivity contribution in [2.75, 3.05) is 5.06 Å². The average Bonchev–Trinajstić information content (AvgIpc) is 3.28. The second kappa shape index (κ2) is 7.43. The zero-order valence-electron chi connectivity index (χ0n) is 16.6. The van der Waals surface area contributed by atoms with Gasteiger partial charge in [0.2, 0.25) is 5.91 Å². The lowest BCUT2D eigenvalue weighted by molar-refractivity contribution is -0.143. The van der Waals surface area contributed by atoms with Gasteiger partial charge < -0.3 is 0 Å². The monoisotopic (exact) mass is 398 g/mol. The number of carbonyl (C=O) groups is 2. The number of anilines is 1. The molecule has 2 heterocycles. The zero-order valence-corrected chi connectivity index (χ0v) is 16.6. The molecule has 0 spiro atoms. The lowest BCUT2D eigenvalue weighted by Gasteiger charge is -2.28. The molecule has 0 aliphatic carbocycles. The van der Waals surface area contributed by atoms with Gasteiger partial charge in [0.25, 0.3) is 5.91 Å². The molecule has 0 N–H and O–H groups in total. The van der Waals surface area contributed by atoms with Crippen LogP contribution < -0.4 is 5.06 Å². The van der Waals surface area contributed by atoms with E-state index >= 15 is 0 Å². The quantitative estimate of drug-likeness (QED) is 0.623. The molecule has 0 radical (unpaired) electrons. The van der Waals surface area contributed by atoms with Gasteiger partial charge in [-0.3, -0.25) is 19.3 Å². The van der Waals surface area contributed by atoms with Gasteiger partial charge in [-0.15, -0.1) is 0 Å². The number of fused-ring (bicyclic) bond motifs is 1. The van der Waals surface area contributed by atoms with E-state index in [0.29, 0.717) is 0 Å². The number of hydroxylamine groups is 1. The number of para-hydroxylation sites is 1. The van der Waals surface area contributed by atoms with Crippen molar-refractivity contribution in [3.8, 4) is 0 Å². The number of rotatable bonds is 4. The lowest BCUT2D eigenvalue weighted by atomic mass is 9.90. The van der Waals surface area contributed by atoms with Crippen LogP contribution in [0.15, 0.2) is 84.9 Å². The van der Waals surface area contributed by atoms with E-state index in [2.05, 4.69) is 0 Å². The molecule has 0 aromatic heterocycles. The van der Waals surface area contributed by atoms with Crippen molar-refractivity contribution in [1.82, 2.24) is 4.90 Å². The molecule has 2 saturated heterocycles.